The molecule has 0 aliphatic rings. The molecule has 1 atom stereocenters. The zero-order chi connectivity index (χ0) is 19.1. The highest BCUT2D eigenvalue weighted by atomic mass is 14.1. The minimum Gasteiger partial charge on any atom is -0.0654 e. The van der Waals surface area contributed by atoms with Crippen LogP contribution in [-0.4, -0.2) is 0 Å². The van der Waals surface area contributed by atoms with E-state index >= 15 is 0 Å². The van der Waals surface area contributed by atoms with Crippen LogP contribution in [0.15, 0.2) is 0 Å². The quantitative estimate of drug-likeness (QED) is 0.167. The maximum absolute atomic E-state index is 3.94. The Hall–Kier alpha value is 0. The lowest BCUT2D eigenvalue weighted by Crippen LogP contribution is -1.94. The van der Waals surface area contributed by atoms with Crippen LogP contribution in [-0.2, 0) is 0 Å². The fourth-order valence-electron chi connectivity index (χ4n) is 4.03. The summed E-state index contributed by atoms with van der Waals surface area (Å²) in [4.78, 5) is 0. The molecule has 157 valence electrons. The molecule has 0 aromatic heterocycles. The van der Waals surface area contributed by atoms with Gasteiger partial charge in [-0.3, -0.25) is 0 Å². The van der Waals surface area contributed by atoms with Gasteiger partial charge in [-0.2, -0.15) is 0 Å². The summed E-state index contributed by atoms with van der Waals surface area (Å²) in [6, 6.07) is 0. The summed E-state index contributed by atoms with van der Waals surface area (Å²) in [6.07, 6.45) is 31.7. The fraction of sp³-hybridized carbons (Fsp3) is 0.962. The van der Waals surface area contributed by atoms with Crippen LogP contribution in [0.1, 0.15) is 155 Å². The van der Waals surface area contributed by atoms with Gasteiger partial charge in [-0.05, 0) is 5.92 Å². The van der Waals surface area contributed by atoms with Gasteiger partial charge in [0.15, 0.2) is 0 Å². The summed E-state index contributed by atoms with van der Waals surface area (Å²) in [7, 11) is 0. The van der Waals surface area contributed by atoms with Crippen molar-refractivity contribution in [2.75, 3.05) is 0 Å². The molecule has 0 aromatic carbocycles. The first-order chi connectivity index (χ1) is 12.8. The van der Waals surface area contributed by atoms with E-state index in [9.17, 15) is 0 Å². The van der Waals surface area contributed by atoms with E-state index in [1.165, 1.54) is 135 Å². The van der Waals surface area contributed by atoms with Gasteiger partial charge >= 0.3 is 0 Å². The molecule has 0 bridgehead atoms. The zero-order valence-corrected chi connectivity index (χ0v) is 18.8. The molecule has 1 unspecified atom stereocenters. The van der Waals surface area contributed by atoms with Crippen LogP contribution >= 0.6 is 0 Å². The summed E-state index contributed by atoms with van der Waals surface area (Å²) < 4.78 is 0. The van der Waals surface area contributed by atoms with Crippen LogP contribution in [0.2, 0.25) is 0 Å². The lowest BCUT2D eigenvalue weighted by atomic mass is 9.97. The third-order valence-corrected chi connectivity index (χ3v) is 6.00. The second kappa shape index (κ2) is 23.0. The number of rotatable bonds is 22. The highest BCUT2D eigenvalue weighted by Crippen LogP contribution is 2.18. The summed E-state index contributed by atoms with van der Waals surface area (Å²) in [5, 5.41) is 0. The smallest absolute Gasteiger partial charge is 0.0443 e. The van der Waals surface area contributed by atoms with E-state index in [-0.39, 0.29) is 0 Å². The van der Waals surface area contributed by atoms with Gasteiger partial charge in [-0.15, -0.1) is 0 Å². The van der Waals surface area contributed by atoms with Crippen LogP contribution < -0.4 is 0 Å². The van der Waals surface area contributed by atoms with E-state index in [1.807, 2.05) is 0 Å². The highest BCUT2D eigenvalue weighted by Gasteiger charge is 2.01. The van der Waals surface area contributed by atoms with Crippen molar-refractivity contribution in [3.05, 3.63) is 6.92 Å². The minimum absolute atomic E-state index is 0.929. The van der Waals surface area contributed by atoms with Crippen LogP contribution in [0, 0.1) is 12.8 Å². The molecule has 1 radical (unpaired) electrons. The molecule has 0 aliphatic heterocycles. The summed E-state index contributed by atoms with van der Waals surface area (Å²) >= 11 is 0. The summed E-state index contributed by atoms with van der Waals surface area (Å²) in [5.41, 5.74) is 0. The van der Waals surface area contributed by atoms with Crippen molar-refractivity contribution in [2.24, 2.45) is 5.92 Å². The lowest BCUT2D eigenvalue weighted by Gasteiger charge is -2.10. The molecule has 0 saturated heterocycles. The molecule has 0 fully saturated rings. The molecular formula is C26H53. The molecule has 0 N–H and O–H groups in total. The normalized spacial score (nSPS) is 12.6. The van der Waals surface area contributed by atoms with Crippen molar-refractivity contribution < 1.29 is 0 Å². The molecule has 0 heteroatoms. The first-order valence-corrected chi connectivity index (χ1v) is 12.6. The van der Waals surface area contributed by atoms with E-state index in [0.717, 1.165) is 12.3 Å². The Balaban J connectivity index is 3.03. The Morgan fingerprint density at radius 1 is 0.462 bits per heavy atom. The predicted molar refractivity (Wildman–Crippen MR) is 122 cm³/mol. The Morgan fingerprint density at radius 3 is 1.12 bits per heavy atom. The second-order valence-electron chi connectivity index (χ2n) is 8.90. The van der Waals surface area contributed by atoms with E-state index in [4.69, 9.17) is 0 Å². The van der Waals surface area contributed by atoms with Gasteiger partial charge in [0.2, 0.25) is 0 Å². The maximum atomic E-state index is 3.94. The average molecular weight is 366 g/mol. The van der Waals surface area contributed by atoms with Gasteiger partial charge in [-0.25, -0.2) is 0 Å². The lowest BCUT2D eigenvalue weighted by molar-refractivity contribution is 0.443. The van der Waals surface area contributed by atoms with Crippen molar-refractivity contribution in [3.8, 4) is 0 Å². The highest BCUT2D eigenvalue weighted by molar-refractivity contribution is 4.56. The van der Waals surface area contributed by atoms with E-state index in [0.29, 0.717) is 0 Å². The van der Waals surface area contributed by atoms with Crippen molar-refractivity contribution >= 4 is 0 Å². The van der Waals surface area contributed by atoms with E-state index in [2.05, 4.69) is 20.8 Å². The zero-order valence-electron chi connectivity index (χ0n) is 18.8. The molecule has 0 aromatic rings. The molecule has 26 heavy (non-hydrogen) atoms. The maximum Gasteiger partial charge on any atom is -0.0443 e. The molecular weight excluding hydrogens is 312 g/mol. The molecule has 0 heterocycles. The van der Waals surface area contributed by atoms with Gasteiger partial charge in [0.25, 0.3) is 0 Å². The second-order valence-corrected chi connectivity index (χ2v) is 8.90. The Labute approximate surface area is 168 Å². The third kappa shape index (κ3) is 22.0. The topological polar surface area (TPSA) is 0 Å². The first-order valence-electron chi connectivity index (χ1n) is 12.6. The summed E-state index contributed by atoms with van der Waals surface area (Å²) in [5.74, 6) is 0.929. The largest absolute Gasteiger partial charge is 0.0654 e. The van der Waals surface area contributed by atoms with Crippen LogP contribution in [0.3, 0.4) is 0 Å². The van der Waals surface area contributed by atoms with Gasteiger partial charge in [0.05, 0.1) is 0 Å². The molecule has 0 saturated carbocycles. The molecule has 0 aliphatic carbocycles. The standard InChI is InChI=1S/C26H53/c1-4-6-8-9-10-11-12-13-14-15-16-17-18-19-20-21-22-23-25-26(3)24-7-5-2/h26H,2,4-25H2,1,3H3. The van der Waals surface area contributed by atoms with Crippen LogP contribution in [0.5, 0.6) is 0 Å². The average Bonchev–Trinajstić information content (AvgIpc) is 2.65. The van der Waals surface area contributed by atoms with Gasteiger partial charge in [0.1, 0.15) is 0 Å². The van der Waals surface area contributed by atoms with Gasteiger partial charge in [0, 0.05) is 0 Å². The summed E-state index contributed by atoms with van der Waals surface area (Å²) in [6.45, 7) is 8.66. The van der Waals surface area contributed by atoms with Gasteiger partial charge in [-0.1, -0.05) is 162 Å². The number of hydrogen-bond donors (Lipinski definition) is 0. The van der Waals surface area contributed by atoms with Crippen LogP contribution in [0.25, 0.3) is 0 Å². The van der Waals surface area contributed by atoms with Gasteiger partial charge < -0.3 is 0 Å². The Kier molecular flexibility index (Phi) is 23.0. The first kappa shape index (κ1) is 26.0. The van der Waals surface area contributed by atoms with Crippen molar-refractivity contribution in [3.63, 3.8) is 0 Å². The Morgan fingerprint density at radius 2 is 0.769 bits per heavy atom. The van der Waals surface area contributed by atoms with E-state index in [1.54, 1.807) is 0 Å². The van der Waals surface area contributed by atoms with E-state index < -0.39 is 0 Å². The van der Waals surface area contributed by atoms with Crippen molar-refractivity contribution in [1.82, 2.24) is 0 Å². The molecule has 0 rings (SSSR count). The molecule has 0 nitrogen and oxygen atoms in total. The monoisotopic (exact) mass is 365 g/mol. The molecule has 0 amide bonds. The Bertz CT molecular complexity index is 232. The SMILES string of the molecule is [CH2]CCCC(C)CCCCCCCCCCCCCCCCCCCC. The number of hydrogen-bond acceptors (Lipinski definition) is 0. The third-order valence-electron chi connectivity index (χ3n) is 6.00. The minimum atomic E-state index is 0.929. The van der Waals surface area contributed by atoms with Crippen LogP contribution in [0.4, 0.5) is 0 Å². The number of unbranched alkanes of at least 4 members (excludes halogenated alkanes) is 18. The van der Waals surface area contributed by atoms with Crippen molar-refractivity contribution in [1.29, 1.82) is 0 Å². The fourth-order valence-corrected chi connectivity index (χ4v) is 4.03. The van der Waals surface area contributed by atoms with Crippen molar-refractivity contribution in [2.45, 2.75) is 155 Å². The molecule has 0 spiro atoms. The predicted octanol–water partition coefficient (Wildman–Crippen LogP) is 10.1.